The van der Waals surface area contributed by atoms with Crippen LogP contribution in [0.15, 0.2) is 60.7 Å². The summed E-state index contributed by atoms with van der Waals surface area (Å²) in [4.78, 5) is 26.5. The Morgan fingerprint density at radius 3 is 2.71 bits per heavy atom. The fourth-order valence-electron chi connectivity index (χ4n) is 3.71. The molecule has 0 atom stereocenters. The van der Waals surface area contributed by atoms with Crippen LogP contribution in [-0.4, -0.2) is 25.5 Å². The zero-order chi connectivity index (χ0) is 19.5. The number of nitrogens with zero attached hydrogens (tertiary/aromatic N) is 1. The number of anilines is 2. The van der Waals surface area contributed by atoms with Crippen molar-refractivity contribution in [3.8, 4) is 5.75 Å². The number of fused-ring (bicyclic) bond motifs is 1. The van der Waals surface area contributed by atoms with Gasteiger partial charge in [0.15, 0.2) is 0 Å². The fraction of sp³-hybridized carbons (Fsp3) is 0.217. The molecule has 1 N–H and O–H groups in total. The number of hydrogen-bond donors (Lipinski definition) is 1. The molecular weight excluding hydrogens is 352 g/mol. The SMILES string of the molecule is COc1ccc(NC(=O)Cc2cccc3ccccc23)cc1N1CCCC1=O. The van der Waals surface area contributed by atoms with E-state index in [0.29, 0.717) is 30.1 Å². The van der Waals surface area contributed by atoms with E-state index in [1.165, 1.54) is 0 Å². The summed E-state index contributed by atoms with van der Waals surface area (Å²) in [5.41, 5.74) is 2.34. The van der Waals surface area contributed by atoms with Crippen molar-refractivity contribution in [3.05, 3.63) is 66.2 Å². The van der Waals surface area contributed by atoms with E-state index in [4.69, 9.17) is 4.74 Å². The van der Waals surface area contributed by atoms with Gasteiger partial charge in [-0.2, -0.15) is 0 Å². The van der Waals surface area contributed by atoms with Gasteiger partial charge in [-0.25, -0.2) is 0 Å². The lowest BCUT2D eigenvalue weighted by Crippen LogP contribution is -2.24. The third kappa shape index (κ3) is 3.56. The Kier molecular flexibility index (Phi) is 4.98. The third-order valence-corrected chi connectivity index (χ3v) is 5.06. The predicted octanol–water partition coefficient (Wildman–Crippen LogP) is 4.16. The van der Waals surface area contributed by atoms with Crippen molar-refractivity contribution in [1.82, 2.24) is 0 Å². The molecule has 142 valence electrons. The molecule has 0 radical (unpaired) electrons. The van der Waals surface area contributed by atoms with Crippen LogP contribution in [0.4, 0.5) is 11.4 Å². The van der Waals surface area contributed by atoms with Crippen molar-refractivity contribution in [2.45, 2.75) is 19.3 Å². The first kappa shape index (κ1) is 18.0. The van der Waals surface area contributed by atoms with Crippen LogP contribution in [0.1, 0.15) is 18.4 Å². The quantitative estimate of drug-likeness (QED) is 0.730. The lowest BCUT2D eigenvalue weighted by molar-refractivity contribution is -0.117. The maximum atomic E-state index is 12.7. The van der Waals surface area contributed by atoms with E-state index >= 15 is 0 Å². The van der Waals surface area contributed by atoms with E-state index in [-0.39, 0.29) is 18.2 Å². The molecule has 3 aromatic carbocycles. The first-order chi connectivity index (χ1) is 13.7. The average Bonchev–Trinajstić information content (AvgIpc) is 3.14. The Bertz CT molecular complexity index is 1040. The highest BCUT2D eigenvalue weighted by Crippen LogP contribution is 2.34. The number of hydrogen-bond acceptors (Lipinski definition) is 3. The molecule has 0 unspecified atom stereocenters. The van der Waals surface area contributed by atoms with Crippen LogP contribution in [0.2, 0.25) is 0 Å². The highest BCUT2D eigenvalue weighted by Gasteiger charge is 2.25. The Morgan fingerprint density at radius 1 is 1.11 bits per heavy atom. The van der Waals surface area contributed by atoms with Gasteiger partial charge in [0.1, 0.15) is 5.75 Å². The predicted molar refractivity (Wildman–Crippen MR) is 111 cm³/mol. The standard InChI is InChI=1S/C23H22N2O3/c1-28-21-12-11-18(15-20(21)25-13-5-10-23(25)27)24-22(26)14-17-8-4-7-16-6-2-3-9-19(16)17/h2-4,6-9,11-12,15H,5,10,13-14H2,1H3,(H,24,26). The van der Waals surface area contributed by atoms with Crippen molar-refractivity contribution >= 4 is 34.0 Å². The molecule has 5 nitrogen and oxygen atoms in total. The summed E-state index contributed by atoms with van der Waals surface area (Å²) >= 11 is 0. The topological polar surface area (TPSA) is 58.6 Å². The molecule has 4 rings (SSSR count). The normalized spacial score (nSPS) is 13.8. The van der Waals surface area contributed by atoms with E-state index in [0.717, 1.165) is 22.8 Å². The van der Waals surface area contributed by atoms with Gasteiger partial charge in [-0.1, -0.05) is 42.5 Å². The van der Waals surface area contributed by atoms with Gasteiger partial charge in [-0.3, -0.25) is 9.59 Å². The zero-order valence-electron chi connectivity index (χ0n) is 15.8. The Hall–Kier alpha value is -3.34. The maximum Gasteiger partial charge on any atom is 0.228 e. The van der Waals surface area contributed by atoms with Gasteiger partial charge in [-0.15, -0.1) is 0 Å². The van der Waals surface area contributed by atoms with Crippen LogP contribution in [0.5, 0.6) is 5.75 Å². The Balaban J connectivity index is 1.55. The van der Waals surface area contributed by atoms with E-state index in [1.807, 2.05) is 48.5 Å². The number of methoxy groups -OCH3 is 1. The van der Waals surface area contributed by atoms with Gasteiger partial charge < -0.3 is 15.0 Å². The molecule has 0 aliphatic carbocycles. The van der Waals surface area contributed by atoms with Gasteiger partial charge in [-0.05, 0) is 41.0 Å². The van der Waals surface area contributed by atoms with Crippen LogP contribution >= 0.6 is 0 Å². The molecule has 5 heteroatoms. The monoisotopic (exact) mass is 374 g/mol. The van der Waals surface area contributed by atoms with Gasteiger partial charge in [0.25, 0.3) is 0 Å². The van der Waals surface area contributed by atoms with Crippen molar-refractivity contribution in [3.63, 3.8) is 0 Å². The average molecular weight is 374 g/mol. The molecule has 1 aliphatic heterocycles. The smallest absolute Gasteiger partial charge is 0.228 e. The van der Waals surface area contributed by atoms with Gasteiger partial charge >= 0.3 is 0 Å². The molecule has 0 bridgehead atoms. The first-order valence-electron chi connectivity index (χ1n) is 9.40. The molecule has 3 aromatic rings. The highest BCUT2D eigenvalue weighted by atomic mass is 16.5. The number of ether oxygens (including phenoxy) is 1. The number of rotatable bonds is 5. The summed E-state index contributed by atoms with van der Waals surface area (Å²) in [6.45, 7) is 0.669. The Labute approximate surface area is 163 Å². The number of amides is 2. The molecule has 1 fully saturated rings. The summed E-state index contributed by atoms with van der Waals surface area (Å²) in [5.74, 6) is 0.611. The minimum absolute atomic E-state index is 0.0810. The molecule has 1 saturated heterocycles. The molecular formula is C23H22N2O3. The van der Waals surface area contributed by atoms with E-state index in [1.54, 1.807) is 24.1 Å². The minimum atomic E-state index is -0.0970. The zero-order valence-corrected chi connectivity index (χ0v) is 15.8. The van der Waals surface area contributed by atoms with Crippen molar-refractivity contribution < 1.29 is 14.3 Å². The summed E-state index contributed by atoms with van der Waals surface area (Å²) in [6, 6.07) is 19.4. The lowest BCUT2D eigenvalue weighted by Gasteiger charge is -2.20. The second-order valence-corrected chi connectivity index (χ2v) is 6.90. The summed E-state index contributed by atoms with van der Waals surface area (Å²) in [6.07, 6.45) is 1.66. The van der Waals surface area contributed by atoms with E-state index in [2.05, 4.69) is 5.32 Å². The molecule has 1 heterocycles. The molecule has 0 spiro atoms. The van der Waals surface area contributed by atoms with Crippen LogP contribution in [-0.2, 0) is 16.0 Å². The Morgan fingerprint density at radius 2 is 1.93 bits per heavy atom. The minimum Gasteiger partial charge on any atom is -0.495 e. The lowest BCUT2D eigenvalue weighted by atomic mass is 10.0. The largest absolute Gasteiger partial charge is 0.495 e. The third-order valence-electron chi connectivity index (χ3n) is 5.06. The van der Waals surface area contributed by atoms with Crippen LogP contribution < -0.4 is 15.0 Å². The van der Waals surface area contributed by atoms with E-state index in [9.17, 15) is 9.59 Å². The fourth-order valence-corrected chi connectivity index (χ4v) is 3.71. The molecule has 1 aliphatic rings. The van der Waals surface area contributed by atoms with Gasteiger partial charge in [0.2, 0.25) is 11.8 Å². The number of nitrogens with one attached hydrogen (secondary N) is 1. The van der Waals surface area contributed by atoms with E-state index < -0.39 is 0 Å². The number of carbonyl (C=O) groups excluding carboxylic acids is 2. The second-order valence-electron chi connectivity index (χ2n) is 6.90. The van der Waals surface area contributed by atoms with Crippen molar-refractivity contribution in [1.29, 1.82) is 0 Å². The van der Waals surface area contributed by atoms with Crippen LogP contribution in [0.3, 0.4) is 0 Å². The first-order valence-corrected chi connectivity index (χ1v) is 9.40. The summed E-state index contributed by atoms with van der Waals surface area (Å²) in [5, 5.41) is 5.15. The highest BCUT2D eigenvalue weighted by molar-refractivity contribution is 5.99. The van der Waals surface area contributed by atoms with Crippen molar-refractivity contribution in [2.75, 3.05) is 23.9 Å². The molecule has 0 saturated carbocycles. The maximum absolute atomic E-state index is 12.7. The molecule has 0 aromatic heterocycles. The second kappa shape index (κ2) is 7.72. The molecule has 2 amide bonds. The number of benzene rings is 3. The summed E-state index contributed by atoms with van der Waals surface area (Å²) in [7, 11) is 1.58. The van der Waals surface area contributed by atoms with Gasteiger partial charge in [0.05, 0.1) is 19.2 Å². The molecule has 28 heavy (non-hydrogen) atoms. The van der Waals surface area contributed by atoms with Gasteiger partial charge in [0, 0.05) is 18.7 Å². The summed E-state index contributed by atoms with van der Waals surface area (Å²) < 4.78 is 5.40. The van der Waals surface area contributed by atoms with Crippen LogP contribution in [0, 0.1) is 0 Å². The van der Waals surface area contributed by atoms with Crippen molar-refractivity contribution in [2.24, 2.45) is 0 Å². The number of carbonyl (C=O) groups is 2. The van der Waals surface area contributed by atoms with Crippen LogP contribution in [0.25, 0.3) is 10.8 Å².